The highest BCUT2D eigenvalue weighted by Crippen LogP contribution is 2.26. The standard InChI is InChI=1S/C27H30FN3O4S2/c1-19-5-11-23(12-6-19)31(37(34,35)25-15-13-24(36-4)14-16-25)18-26(32)30(20(2)27(33)29-3)17-21-7-9-22(28)10-8-21/h5-16,20H,17-18H2,1-4H3,(H,29,33). The van der Waals surface area contributed by atoms with Gasteiger partial charge in [0, 0.05) is 18.5 Å². The number of anilines is 1. The molecule has 7 nitrogen and oxygen atoms in total. The first-order valence-corrected chi connectivity index (χ1v) is 14.2. The fourth-order valence-corrected chi connectivity index (χ4v) is 5.52. The van der Waals surface area contributed by atoms with Gasteiger partial charge in [0.15, 0.2) is 0 Å². The van der Waals surface area contributed by atoms with Crippen LogP contribution >= 0.6 is 11.8 Å². The Bertz CT molecular complexity index is 1330. The SMILES string of the molecule is CNC(=O)C(C)N(Cc1ccc(F)cc1)C(=O)CN(c1ccc(C)cc1)S(=O)(=O)c1ccc(SC)cc1. The van der Waals surface area contributed by atoms with Crippen molar-refractivity contribution in [3.63, 3.8) is 0 Å². The zero-order chi connectivity index (χ0) is 27.2. The van der Waals surface area contributed by atoms with Crippen molar-refractivity contribution in [3.8, 4) is 0 Å². The molecule has 0 spiro atoms. The van der Waals surface area contributed by atoms with Crippen molar-refractivity contribution in [2.45, 2.75) is 36.2 Å². The molecule has 10 heteroatoms. The molecular formula is C27H30FN3O4S2. The first-order chi connectivity index (χ1) is 17.6. The summed E-state index contributed by atoms with van der Waals surface area (Å²) in [7, 11) is -2.67. The van der Waals surface area contributed by atoms with E-state index < -0.39 is 40.2 Å². The summed E-state index contributed by atoms with van der Waals surface area (Å²) in [6.45, 7) is 2.91. The molecular weight excluding hydrogens is 513 g/mol. The van der Waals surface area contributed by atoms with E-state index in [1.807, 2.05) is 13.2 Å². The molecule has 3 rings (SSSR count). The van der Waals surface area contributed by atoms with Gasteiger partial charge >= 0.3 is 0 Å². The number of halogens is 1. The quantitative estimate of drug-likeness (QED) is 0.387. The summed E-state index contributed by atoms with van der Waals surface area (Å²) in [5, 5.41) is 2.53. The summed E-state index contributed by atoms with van der Waals surface area (Å²) in [5.41, 5.74) is 1.85. The molecule has 1 N–H and O–H groups in total. The monoisotopic (exact) mass is 543 g/mol. The van der Waals surface area contributed by atoms with Crippen LogP contribution in [-0.4, -0.2) is 51.0 Å². The lowest BCUT2D eigenvalue weighted by molar-refractivity contribution is -0.139. The molecule has 1 unspecified atom stereocenters. The van der Waals surface area contributed by atoms with E-state index in [0.717, 1.165) is 14.8 Å². The third-order valence-corrected chi connectivity index (χ3v) is 8.46. The van der Waals surface area contributed by atoms with Crippen molar-refractivity contribution in [1.82, 2.24) is 10.2 Å². The lowest BCUT2D eigenvalue weighted by Gasteiger charge is -2.31. The first kappa shape index (κ1) is 28.2. The predicted octanol–water partition coefficient (Wildman–Crippen LogP) is 4.21. The lowest BCUT2D eigenvalue weighted by atomic mass is 10.1. The molecule has 0 fully saturated rings. The Morgan fingerprint density at radius 2 is 1.57 bits per heavy atom. The second-order valence-electron chi connectivity index (χ2n) is 8.46. The van der Waals surface area contributed by atoms with Crippen LogP contribution in [0.5, 0.6) is 0 Å². The summed E-state index contributed by atoms with van der Waals surface area (Å²) in [6, 6.07) is 17.9. The summed E-state index contributed by atoms with van der Waals surface area (Å²) >= 11 is 1.49. The molecule has 0 radical (unpaired) electrons. The molecule has 0 heterocycles. The van der Waals surface area contributed by atoms with Crippen molar-refractivity contribution in [3.05, 3.63) is 89.7 Å². The van der Waals surface area contributed by atoms with Crippen LogP contribution in [-0.2, 0) is 26.2 Å². The number of carbonyl (C=O) groups is 2. The van der Waals surface area contributed by atoms with E-state index in [1.165, 1.54) is 60.1 Å². The molecule has 3 aromatic carbocycles. The number of thioether (sulfide) groups is 1. The maximum atomic E-state index is 13.8. The highest BCUT2D eigenvalue weighted by atomic mass is 32.2. The molecule has 0 saturated heterocycles. The second kappa shape index (κ2) is 12.2. The number of amides is 2. The minimum Gasteiger partial charge on any atom is -0.357 e. The van der Waals surface area contributed by atoms with Crippen molar-refractivity contribution in [2.75, 3.05) is 24.2 Å². The van der Waals surface area contributed by atoms with Crippen LogP contribution in [0.25, 0.3) is 0 Å². The van der Waals surface area contributed by atoms with Gasteiger partial charge in [0.2, 0.25) is 11.8 Å². The molecule has 0 aliphatic carbocycles. The number of likely N-dealkylation sites (N-methyl/N-ethyl adjacent to an activating group) is 1. The van der Waals surface area contributed by atoms with E-state index in [1.54, 1.807) is 43.3 Å². The maximum Gasteiger partial charge on any atom is 0.264 e. The highest BCUT2D eigenvalue weighted by Gasteiger charge is 2.32. The Balaban J connectivity index is 2.01. The summed E-state index contributed by atoms with van der Waals surface area (Å²) in [4.78, 5) is 28.4. The summed E-state index contributed by atoms with van der Waals surface area (Å²) < 4.78 is 42.0. The fraction of sp³-hybridized carbons (Fsp3) is 0.259. The normalized spacial score (nSPS) is 12.0. The molecule has 1 atom stereocenters. The van der Waals surface area contributed by atoms with Crippen LogP contribution in [0.2, 0.25) is 0 Å². The van der Waals surface area contributed by atoms with Gasteiger partial charge in [0.05, 0.1) is 10.6 Å². The summed E-state index contributed by atoms with van der Waals surface area (Å²) in [5.74, 6) is -1.41. The minimum atomic E-state index is -4.12. The van der Waals surface area contributed by atoms with E-state index in [4.69, 9.17) is 0 Å². The molecule has 0 aliphatic heterocycles. The van der Waals surface area contributed by atoms with E-state index in [-0.39, 0.29) is 11.4 Å². The molecule has 0 aromatic heterocycles. The van der Waals surface area contributed by atoms with Gasteiger partial charge in [-0.3, -0.25) is 13.9 Å². The lowest BCUT2D eigenvalue weighted by Crippen LogP contribution is -2.50. The third-order valence-electron chi connectivity index (χ3n) is 5.93. The third kappa shape index (κ3) is 6.90. The molecule has 0 saturated carbocycles. The molecule has 196 valence electrons. The van der Waals surface area contributed by atoms with Crippen LogP contribution < -0.4 is 9.62 Å². The zero-order valence-corrected chi connectivity index (χ0v) is 22.8. The predicted molar refractivity (Wildman–Crippen MR) is 144 cm³/mol. The van der Waals surface area contributed by atoms with E-state index in [9.17, 15) is 22.4 Å². The number of carbonyl (C=O) groups excluding carboxylic acids is 2. The van der Waals surface area contributed by atoms with Gasteiger partial charge in [-0.05, 0) is 74.2 Å². The Hall–Kier alpha value is -3.37. The van der Waals surface area contributed by atoms with Crippen molar-refractivity contribution in [2.24, 2.45) is 0 Å². The Morgan fingerprint density at radius 3 is 2.11 bits per heavy atom. The van der Waals surface area contributed by atoms with Gasteiger partial charge in [0.1, 0.15) is 18.4 Å². The van der Waals surface area contributed by atoms with Crippen LogP contribution in [0, 0.1) is 12.7 Å². The van der Waals surface area contributed by atoms with Gasteiger partial charge in [-0.2, -0.15) is 0 Å². The average molecular weight is 544 g/mol. The van der Waals surface area contributed by atoms with Gasteiger partial charge < -0.3 is 10.2 Å². The number of benzene rings is 3. The average Bonchev–Trinajstić information content (AvgIpc) is 2.91. The van der Waals surface area contributed by atoms with E-state index >= 15 is 0 Å². The van der Waals surface area contributed by atoms with Crippen LogP contribution in [0.1, 0.15) is 18.1 Å². The van der Waals surface area contributed by atoms with Crippen LogP contribution in [0.15, 0.2) is 82.6 Å². The van der Waals surface area contributed by atoms with Gasteiger partial charge in [-0.25, -0.2) is 12.8 Å². The fourth-order valence-electron chi connectivity index (χ4n) is 3.69. The highest BCUT2D eigenvalue weighted by molar-refractivity contribution is 7.98. The van der Waals surface area contributed by atoms with Gasteiger partial charge in [-0.1, -0.05) is 29.8 Å². The van der Waals surface area contributed by atoms with E-state index in [2.05, 4.69) is 5.32 Å². The maximum absolute atomic E-state index is 13.8. The first-order valence-electron chi connectivity index (χ1n) is 11.6. The minimum absolute atomic E-state index is 0.00208. The van der Waals surface area contributed by atoms with Crippen molar-refractivity contribution >= 4 is 39.3 Å². The van der Waals surface area contributed by atoms with Crippen LogP contribution in [0.4, 0.5) is 10.1 Å². The van der Waals surface area contributed by atoms with Gasteiger partial charge in [0.25, 0.3) is 10.0 Å². The Kier molecular flexibility index (Phi) is 9.34. The van der Waals surface area contributed by atoms with Gasteiger partial charge in [-0.15, -0.1) is 11.8 Å². The number of hydrogen-bond donors (Lipinski definition) is 1. The zero-order valence-electron chi connectivity index (χ0n) is 21.1. The topological polar surface area (TPSA) is 86.8 Å². The molecule has 0 aliphatic rings. The van der Waals surface area contributed by atoms with Crippen molar-refractivity contribution < 1.29 is 22.4 Å². The smallest absolute Gasteiger partial charge is 0.264 e. The molecule has 3 aromatic rings. The molecule has 0 bridgehead atoms. The van der Waals surface area contributed by atoms with E-state index in [0.29, 0.717) is 11.3 Å². The van der Waals surface area contributed by atoms with Crippen LogP contribution in [0.3, 0.4) is 0 Å². The number of nitrogens with zero attached hydrogens (tertiary/aromatic N) is 2. The largest absolute Gasteiger partial charge is 0.357 e. The van der Waals surface area contributed by atoms with Crippen molar-refractivity contribution in [1.29, 1.82) is 0 Å². The number of aryl methyl sites for hydroxylation is 1. The Morgan fingerprint density at radius 1 is 0.973 bits per heavy atom. The number of sulfonamides is 1. The number of rotatable bonds is 10. The molecule has 37 heavy (non-hydrogen) atoms. The number of hydrogen-bond acceptors (Lipinski definition) is 5. The number of nitrogens with one attached hydrogen (secondary N) is 1. The summed E-state index contributed by atoms with van der Waals surface area (Å²) in [6.07, 6.45) is 1.89. The Labute approximate surface area is 221 Å². The second-order valence-corrected chi connectivity index (χ2v) is 11.2. The molecule has 2 amide bonds.